The van der Waals surface area contributed by atoms with Crippen molar-refractivity contribution in [3.63, 3.8) is 0 Å². The van der Waals surface area contributed by atoms with Gasteiger partial charge >= 0.3 is 6.18 Å². The Hall–Kier alpha value is -2.81. The molecule has 3 rings (SSSR count). The first-order valence-corrected chi connectivity index (χ1v) is 7.36. The third kappa shape index (κ3) is 4.18. The zero-order chi connectivity index (χ0) is 18.0. The largest absolute Gasteiger partial charge is 0.417 e. The Morgan fingerprint density at radius 3 is 2.56 bits per heavy atom. The highest BCUT2D eigenvalue weighted by Gasteiger charge is 2.33. The van der Waals surface area contributed by atoms with Gasteiger partial charge in [-0.1, -0.05) is 16.8 Å². The predicted octanol–water partition coefficient (Wildman–Crippen LogP) is 4.93. The molecule has 0 aliphatic rings. The average molecular weight is 370 g/mol. The van der Waals surface area contributed by atoms with Crippen LogP contribution >= 0.6 is 11.6 Å². The lowest BCUT2D eigenvalue weighted by molar-refractivity contribution is -0.137. The molecule has 0 spiro atoms. The third-order valence-corrected chi connectivity index (χ3v) is 3.40. The monoisotopic (exact) mass is 369 g/mol. The molecule has 0 saturated carbocycles. The molecule has 0 bridgehead atoms. The summed E-state index contributed by atoms with van der Waals surface area (Å²) in [6.45, 7) is 1.73. The van der Waals surface area contributed by atoms with Crippen molar-refractivity contribution in [3.05, 3.63) is 52.9 Å². The number of anilines is 4. The van der Waals surface area contributed by atoms with E-state index in [9.17, 15) is 13.2 Å². The molecule has 0 amide bonds. The van der Waals surface area contributed by atoms with Crippen LogP contribution in [0.2, 0.25) is 5.02 Å². The van der Waals surface area contributed by atoms with Gasteiger partial charge in [-0.2, -0.15) is 18.2 Å². The lowest BCUT2D eigenvalue weighted by Gasteiger charge is -2.12. The molecular weight excluding hydrogens is 359 g/mol. The fraction of sp³-hybridized carbons (Fsp3) is 0.133. The van der Waals surface area contributed by atoms with Crippen LogP contribution in [0.15, 0.2) is 41.1 Å². The Kier molecular flexibility index (Phi) is 4.49. The first kappa shape index (κ1) is 17.0. The van der Waals surface area contributed by atoms with Crippen LogP contribution in [0.4, 0.5) is 36.4 Å². The van der Waals surface area contributed by atoms with E-state index in [4.69, 9.17) is 16.1 Å². The number of nitrogens with one attached hydrogen (secondary N) is 2. The molecule has 0 radical (unpaired) electrons. The Labute approximate surface area is 145 Å². The van der Waals surface area contributed by atoms with Crippen molar-refractivity contribution < 1.29 is 17.7 Å². The highest BCUT2D eigenvalue weighted by atomic mass is 35.5. The molecule has 0 fully saturated rings. The molecule has 6 nitrogen and oxygen atoms in total. The second kappa shape index (κ2) is 6.60. The quantitative estimate of drug-likeness (QED) is 0.679. The molecule has 25 heavy (non-hydrogen) atoms. The number of halogens is 4. The van der Waals surface area contributed by atoms with Gasteiger partial charge < -0.3 is 15.2 Å². The molecule has 3 aromatic rings. The van der Waals surface area contributed by atoms with Gasteiger partial charge in [-0.15, -0.1) is 0 Å². The molecule has 0 aliphatic carbocycles. The van der Waals surface area contributed by atoms with Crippen LogP contribution < -0.4 is 10.6 Å². The zero-order valence-corrected chi connectivity index (χ0v) is 13.5. The highest BCUT2D eigenvalue weighted by molar-refractivity contribution is 6.31. The standard InChI is InChI=1S/C15H11ClF3N5O/c1-8-6-13(24-25-8)23-14-20-5-4-12(22-14)21-9-2-3-11(16)10(7-9)15(17,18)19/h2-7H,1H3,(H2,20,21,22,23,24). The summed E-state index contributed by atoms with van der Waals surface area (Å²) in [4.78, 5) is 8.17. The van der Waals surface area contributed by atoms with E-state index in [0.717, 1.165) is 6.07 Å². The minimum absolute atomic E-state index is 0.193. The Morgan fingerprint density at radius 1 is 1.08 bits per heavy atom. The maximum atomic E-state index is 12.9. The smallest absolute Gasteiger partial charge is 0.360 e. The van der Waals surface area contributed by atoms with E-state index < -0.39 is 11.7 Å². The summed E-state index contributed by atoms with van der Waals surface area (Å²) in [5, 5.41) is 8.98. The number of nitrogens with zero attached hydrogens (tertiary/aromatic N) is 3. The van der Waals surface area contributed by atoms with Gasteiger partial charge in [0, 0.05) is 18.0 Å². The van der Waals surface area contributed by atoms with Crippen LogP contribution in [-0.2, 0) is 6.18 Å². The molecule has 0 atom stereocenters. The van der Waals surface area contributed by atoms with Crippen molar-refractivity contribution in [1.82, 2.24) is 15.1 Å². The number of hydrogen-bond acceptors (Lipinski definition) is 6. The lowest BCUT2D eigenvalue weighted by atomic mass is 10.2. The summed E-state index contributed by atoms with van der Waals surface area (Å²) in [7, 11) is 0. The van der Waals surface area contributed by atoms with Gasteiger partial charge in [-0.3, -0.25) is 0 Å². The van der Waals surface area contributed by atoms with Crippen LogP contribution in [0.1, 0.15) is 11.3 Å². The Morgan fingerprint density at radius 2 is 1.88 bits per heavy atom. The molecule has 2 N–H and O–H groups in total. The molecule has 130 valence electrons. The van der Waals surface area contributed by atoms with Crippen molar-refractivity contribution in [2.75, 3.05) is 10.6 Å². The molecule has 0 aliphatic heterocycles. The van der Waals surface area contributed by atoms with E-state index in [1.807, 2.05) is 0 Å². The van der Waals surface area contributed by atoms with Crippen molar-refractivity contribution in [3.8, 4) is 0 Å². The van der Waals surface area contributed by atoms with Gasteiger partial charge in [-0.05, 0) is 31.2 Å². The predicted molar refractivity (Wildman–Crippen MR) is 86.3 cm³/mol. The SMILES string of the molecule is Cc1cc(Nc2nccc(Nc3ccc(Cl)c(C(F)(F)F)c3)n2)no1. The second-order valence-corrected chi connectivity index (χ2v) is 5.44. The highest BCUT2D eigenvalue weighted by Crippen LogP contribution is 2.36. The van der Waals surface area contributed by atoms with E-state index in [1.54, 1.807) is 13.0 Å². The van der Waals surface area contributed by atoms with E-state index in [1.165, 1.54) is 24.4 Å². The molecule has 0 unspecified atom stereocenters. The van der Waals surface area contributed by atoms with Gasteiger partial charge in [-0.25, -0.2) is 4.98 Å². The number of aromatic nitrogens is 3. The summed E-state index contributed by atoms with van der Waals surface area (Å²) < 4.78 is 43.7. The first-order valence-electron chi connectivity index (χ1n) is 6.98. The normalized spacial score (nSPS) is 11.4. The lowest BCUT2D eigenvalue weighted by Crippen LogP contribution is -2.07. The maximum Gasteiger partial charge on any atom is 0.417 e. The van der Waals surface area contributed by atoms with Crippen molar-refractivity contribution in [2.24, 2.45) is 0 Å². The topological polar surface area (TPSA) is 75.9 Å². The van der Waals surface area contributed by atoms with Gasteiger partial charge in [0.1, 0.15) is 11.6 Å². The molecule has 10 heteroatoms. The molecule has 0 saturated heterocycles. The Balaban J connectivity index is 1.80. The van der Waals surface area contributed by atoms with Crippen LogP contribution in [0.5, 0.6) is 0 Å². The van der Waals surface area contributed by atoms with E-state index in [-0.39, 0.29) is 16.7 Å². The van der Waals surface area contributed by atoms with Gasteiger partial charge in [0.25, 0.3) is 0 Å². The van der Waals surface area contributed by atoms with Crippen LogP contribution in [0.25, 0.3) is 0 Å². The van der Waals surface area contributed by atoms with E-state index >= 15 is 0 Å². The number of benzene rings is 1. The summed E-state index contributed by atoms with van der Waals surface area (Å²) in [5.74, 6) is 1.54. The minimum Gasteiger partial charge on any atom is -0.360 e. The van der Waals surface area contributed by atoms with Crippen LogP contribution in [-0.4, -0.2) is 15.1 Å². The van der Waals surface area contributed by atoms with Gasteiger partial charge in [0.05, 0.1) is 10.6 Å². The third-order valence-electron chi connectivity index (χ3n) is 3.07. The molecule has 2 aromatic heterocycles. The minimum atomic E-state index is -4.54. The molecule has 1 aromatic carbocycles. The van der Waals surface area contributed by atoms with Crippen molar-refractivity contribution >= 4 is 34.9 Å². The fourth-order valence-corrected chi connectivity index (χ4v) is 2.22. The van der Waals surface area contributed by atoms with Gasteiger partial charge in [0.2, 0.25) is 5.95 Å². The summed E-state index contributed by atoms with van der Waals surface area (Å²) >= 11 is 5.60. The zero-order valence-electron chi connectivity index (χ0n) is 12.7. The van der Waals surface area contributed by atoms with E-state index in [2.05, 4.69) is 25.8 Å². The van der Waals surface area contributed by atoms with Crippen molar-refractivity contribution in [1.29, 1.82) is 0 Å². The summed E-state index contributed by atoms with van der Waals surface area (Å²) in [6, 6.07) is 6.68. The van der Waals surface area contributed by atoms with Crippen LogP contribution in [0, 0.1) is 6.92 Å². The fourth-order valence-electron chi connectivity index (χ4n) is 2.00. The number of rotatable bonds is 4. The average Bonchev–Trinajstić information content (AvgIpc) is 2.93. The number of aryl methyl sites for hydroxylation is 1. The second-order valence-electron chi connectivity index (χ2n) is 5.03. The van der Waals surface area contributed by atoms with Crippen LogP contribution in [0.3, 0.4) is 0 Å². The summed E-state index contributed by atoms with van der Waals surface area (Å²) in [5.41, 5.74) is -0.733. The Bertz CT molecular complexity index is 897. The number of hydrogen-bond donors (Lipinski definition) is 2. The number of alkyl halides is 3. The first-order chi connectivity index (χ1) is 11.8. The molecule has 2 heterocycles. The summed E-state index contributed by atoms with van der Waals surface area (Å²) in [6.07, 6.45) is -3.09. The maximum absolute atomic E-state index is 12.9. The van der Waals surface area contributed by atoms with E-state index in [0.29, 0.717) is 17.4 Å². The molecular formula is C15H11ClF3N5O. The van der Waals surface area contributed by atoms with Crippen molar-refractivity contribution in [2.45, 2.75) is 13.1 Å². The van der Waals surface area contributed by atoms with Gasteiger partial charge in [0.15, 0.2) is 5.82 Å².